The molecule has 0 fully saturated rings. The van der Waals surface area contributed by atoms with Gasteiger partial charge < -0.3 is 10.0 Å². The third-order valence-corrected chi connectivity index (χ3v) is 5.34. The number of aliphatic hydroxyl groups is 1. The second kappa shape index (κ2) is 7.14. The number of aromatic nitrogens is 1. The highest BCUT2D eigenvalue weighted by molar-refractivity contribution is 7.11. The van der Waals surface area contributed by atoms with Crippen molar-refractivity contribution >= 4 is 22.7 Å². The Hall–Kier alpha value is -2.92. The van der Waals surface area contributed by atoms with E-state index < -0.39 is 0 Å². The average molecular weight is 361 g/mol. The molecule has 0 saturated carbocycles. The van der Waals surface area contributed by atoms with Gasteiger partial charge >= 0.3 is 0 Å². The van der Waals surface area contributed by atoms with Crippen LogP contribution in [0.15, 0.2) is 71.8 Å². The van der Waals surface area contributed by atoms with E-state index in [0.717, 1.165) is 17.7 Å². The van der Waals surface area contributed by atoms with Crippen LogP contribution < -0.4 is 0 Å². The van der Waals surface area contributed by atoms with E-state index in [-0.39, 0.29) is 5.76 Å². The van der Waals surface area contributed by atoms with Crippen LogP contribution in [0.2, 0.25) is 0 Å². The molecule has 0 unspecified atom stereocenters. The van der Waals surface area contributed by atoms with Crippen LogP contribution >= 0.6 is 11.3 Å². The third-order valence-electron chi connectivity index (χ3n) is 4.48. The van der Waals surface area contributed by atoms with Gasteiger partial charge in [-0.3, -0.25) is 5.41 Å². The van der Waals surface area contributed by atoms with Gasteiger partial charge in [0.25, 0.3) is 0 Å². The van der Waals surface area contributed by atoms with Crippen LogP contribution in [0, 0.1) is 5.41 Å². The maximum Gasteiger partial charge on any atom is 0.135 e. The minimum atomic E-state index is 0.233. The highest BCUT2D eigenvalue weighted by atomic mass is 32.1. The maximum atomic E-state index is 10.4. The second-order valence-electron chi connectivity index (χ2n) is 6.23. The zero-order valence-electron chi connectivity index (χ0n) is 14.2. The lowest BCUT2D eigenvalue weighted by Gasteiger charge is -2.18. The molecule has 1 aliphatic rings. The van der Waals surface area contributed by atoms with Gasteiger partial charge in [0.05, 0.1) is 17.8 Å². The van der Waals surface area contributed by atoms with E-state index in [2.05, 4.69) is 17.1 Å². The SMILES string of the molecule is N=C1C(c2nc(-c3ccccc3)cs2)=C(O)CN1CCc1ccccc1. The van der Waals surface area contributed by atoms with Crippen molar-refractivity contribution < 1.29 is 5.11 Å². The van der Waals surface area contributed by atoms with Gasteiger partial charge in [-0.2, -0.15) is 0 Å². The largest absolute Gasteiger partial charge is 0.510 e. The molecule has 2 N–H and O–H groups in total. The number of benzene rings is 2. The number of nitrogens with zero attached hydrogens (tertiary/aromatic N) is 2. The summed E-state index contributed by atoms with van der Waals surface area (Å²) in [6.45, 7) is 1.08. The summed E-state index contributed by atoms with van der Waals surface area (Å²) in [5, 5.41) is 21.6. The number of hydrogen-bond acceptors (Lipinski definition) is 4. The predicted octanol–water partition coefficient (Wildman–Crippen LogP) is 4.61. The van der Waals surface area contributed by atoms with Crippen LogP contribution in [-0.2, 0) is 6.42 Å². The van der Waals surface area contributed by atoms with Gasteiger partial charge in [-0.05, 0) is 12.0 Å². The Morgan fingerprint density at radius 1 is 1.04 bits per heavy atom. The average Bonchev–Trinajstić information content (AvgIpc) is 3.26. The van der Waals surface area contributed by atoms with Gasteiger partial charge in [0.15, 0.2) is 0 Å². The first-order valence-corrected chi connectivity index (χ1v) is 9.41. The van der Waals surface area contributed by atoms with Crippen LogP contribution in [0.25, 0.3) is 16.8 Å². The quantitative estimate of drug-likeness (QED) is 0.697. The van der Waals surface area contributed by atoms with Crippen molar-refractivity contribution in [3.05, 3.63) is 82.4 Å². The van der Waals surface area contributed by atoms with Gasteiger partial charge in [-0.25, -0.2) is 4.98 Å². The van der Waals surface area contributed by atoms with Crippen LogP contribution in [0.4, 0.5) is 0 Å². The number of amidine groups is 1. The van der Waals surface area contributed by atoms with E-state index in [0.29, 0.717) is 29.5 Å². The Kier molecular flexibility index (Phi) is 4.54. The molecule has 4 rings (SSSR count). The van der Waals surface area contributed by atoms with Gasteiger partial charge in [-0.1, -0.05) is 60.7 Å². The highest BCUT2D eigenvalue weighted by Crippen LogP contribution is 2.32. The Bertz CT molecular complexity index is 948. The molecular weight excluding hydrogens is 342 g/mol. The van der Waals surface area contributed by atoms with Crippen LogP contribution in [-0.4, -0.2) is 33.9 Å². The van der Waals surface area contributed by atoms with Crippen molar-refractivity contribution in [2.75, 3.05) is 13.1 Å². The van der Waals surface area contributed by atoms with Gasteiger partial charge in [0, 0.05) is 17.5 Å². The molecule has 2 aromatic carbocycles. The van der Waals surface area contributed by atoms with Crippen molar-refractivity contribution in [1.29, 1.82) is 5.41 Å². The summed E-state index contributed by atoms with van der Waals surface area (Å²) in [4.78, 5) is 6.55. The molecule has 0 saturated heterocycles. The van der Waals surface area contributed by atoms with Crippen LogP contribution in [0.5, 0.6) is 0 Å². The summed E-state index contributed by atoms with van der Waals surface area (Å²) in [6, 6.07) is 20.2. The Morgan fingerprint density at radius 2 is 1.73 bits per heavy atom. The molecule has 4 nitrogen and oxygen atoms in total. The molecule has 130 valence electrons. The third kappa shape index (κ3) is 3.26. The number of thiazole rings is 1. The van der Waals surface area contributed by atoms with Crippen LogP contribution in [0.1, 0.15) is 10.6 Å². The molecule has 2 heterocycles. The summed E-state index contributed by atoms with van der Waals surface area (Å²) < 4.78 is 0. The van der Waals surface area contributed by atoms with E-state index in [9.17, 15) is 5.11 Å². The highest BCUT2D eigenvalue weighted by Gasteiger charge is 2.30. The molecule has 0 radical (unpaired) electrons. The molecule has 0 bridgehead atoms. The van der Waals surface area contributed by atoms with Crippen molar-refractivity contribution in [3.63, 3.8) is 0 Å². The van der Waals surface area contributed by atoms with Crippen molar-refractivity contribution in [2.45, 2.75) is 6.42 Å². The van der Waals surface area contributed by atoms with E-state index in [1.54, 1.807) is 0 Å². The molecule has 5 heteroatoms. The first-order valence-electron chi connectivity index (χ1n) is 8.53. The monoisotopic (exact) mass is 361 g/mol. The summed E-state index contributed by atoms with van der Waals surface area (Å²) in [5.74, 6) is 0.587. The van der Waals surface area contributed by atoms with E-state index in [4.69, 9.17) is 5.41 Å². The molecule has 0 amide bonds. The lowest BCUT2D eigenvalue weighted by atomic mass is 10.1. The zero-order valence-corrected chi connectivity index (χ0v) is 15.0. The van der Waals surface area contributed by atoms with Crippen molar-refractivity contribution in [1.82, 2.24) is 9.88 Å². The first-order chi connectivity index (χ1) is 12.7. The number of nitrogens with one attached hydrogen (secondary N) is 1. The summed E-state index contributed by atoms with van der Waals surface area (Å²) >= 11 is 1.47. The molecule has 1 aliphatic heterocycles. The number of hydrogen-bond donors (Lipinski definition) is 2. The summed E-state index contributed by atoms with van der Waals surface area (Å²) in [6.07, 6.45) is 0.844. The van der Waals surface area contributed by atoms with Gasteiger partial charge in [-0.15, -0.1) is 11.3 Å². The smallest absolute Gasteiger partial charge is 0.135 e. The standard InChI is InChI=1S/C21H19N3OS/c22-20-19(21-23-17(14-26-21)16-9-5-2-6-10-16)18(25)13-24(20)12-11-15-7-3-1-4-8-15/h1-10,14,22,25H,11-13H2. The molecule has 0 spiro atoms. The zero-order chi connectivity index (χ0) is 17.9. The lowest BCUT2D eigenvalue weighted by molar-refractivity contribution is 0.351. The Balaban J connectivity index is 1.50. The fourth-order valence-corrected chi connectivity index (χ4v) is 3.98. The second-order valence-corrected chi connectivity index (χ2v) is 7.09. The van der Waals surface area contributed by atoms with E-state index in [1.807, 2.05) is 58.8 Å². The summed E-state index contributed by atoms with van der Waals surface area (Å²) in [5.41, 5.74) is 3.71. The van der Waals surface area contributed by atoms with Crippen molar-refractivity contribution in [3.8, 4) is 11.3 Å². The first kappa shape index (κ1) is 16.5. The van der Waals surface area contributed by atoms with Gasteiger partial charge in [0.1, 0.15) is 16.6 Å². The summed E-state index contributed by atoms with van der Waals surface area (Å²) in [7, 11) is 0. The Morgan fingerprint density at radius 3 is 2.46 bits per heavy atom. The van der Waals surface area contributed by atoms with Crippen molar-refractivity contribution in [2.24, 2.45) is 0 Å². The Labute approximate surface area is 156 Å². The fourth-order valence-electron chi connectivity index (χ4n) is 3.09. The lowest BCUT2D eigenvalue weighted by Crippen LogP contribution is -2.28. The van der Waals surface area contributed by atoms with E-state index in [1.165, 1.54) is 16.9 Å². The molecule has 26 heavy (non-hydrogen) atoms. The molecule has 3 aromatic rings. The molecular formula is C21H19N3OS. The van der Waals surface area contributed by atoms with Gasteiger partial charge in [0.2, 0.25) is 0 Å². The normalized spacial score (nSPS) is 14.3. The van der Waals surface area contributed by atoms with Crippen LogP contribution in [0.3, 0.4) is 0 Å². The predicted molar refractivity (Wildman–Crippen MR) is 107 cm³/mol. The number of aliphatic hydroxyl groups excluding tert-OH is 1. The fraction of sp³-hybridized carbons (Fsp3) is 0.143. The molecule has 1 aromatic heterocycles. The van der Waals surface area contributed by atoms with E-state index >= 15 is 0 Å². The molecule has 0 aliphatic carbocycles. The molecule has 0 atom stereocenters. The number of rotatable bonds is 5. The minimum Gasteiger partial charge on any atom is -0.510 e. The maximum absolute atomic E-state index is 10.4. The topological polar surface area (TPSA) is 60.2 Å². The minimum absolute atomic E-state index is 0.233.